The van der Waals surface area contributed by atoms with Gasteiger partial charge in [-0.05, 0) is 56.2 Å². The number of nitrogens with one attached hydrogen (secondary N) is 1. The van der Waals surface area contributed by atoms with Crippen LogP contribution in [0.15, 0.2) is 65.6 Å². The molecule has 154 valence electrons. The number of piperidine rings is 1. The van der Waals surface area contributed by atoms with Gasteiger partial charge in [-0.2, -0.15) is 0 Å². The third-order valence-corrected chi connectivity index (χ3v) is 8.39. The molecular formula is C23H28N2O3S. The number of hydrogen-bond donors (Lipinski definition) is 1. The minimum atomic E-state index is -3.35. The average molecular weight is 413 g/mol. The monoisotopic (exact) mass is 412 g/mol. The van der Waals surface area contributed by atoms with E-state index in [-0.39, 0.29) is 18.1 Å². The zero-order valence-corrected chi connectivity index (χ0v) is 17.4. The third-order valence-electron chi connectivity index (χ3n) is 6.20. The minimum Gasteiger partial charge on any atom is -0.338 e. The molecule has 2 amide bonds. The SMILES string of the molecule is O=C(NCCCc1ccccc1)N1C2CCC1CC(S(=O)(=O)c1ccccc1)C2. The van der Waals surface area contributed by atoms with Crippen LogP contribution in [-0.2, 0) is 16.3 Å². The van der Waals surface area contributed by atoms with Gasteiger partial charge in [-0.25, -0.2) is 13.2 Å². The lowest BCUT2D eigenvalue weighted by atomic mass is 10.0. The first-order valence-electron chi connectivity index (χ1n) is 10.4. The van der Waals surface area contributed by atoms with Crippen molar-refractivity contribution in [1.29, 1.82) is 0 Å². The van der Waals surface area contributed by atoms with Gasteiger partial charge in [-0.15, -0.1) is 0 Å². The van der Waals surface area contributed by atoms with Crippen LogP contribution in [0.25, 0.3) is 0 Å². The Balaban J connectivity index is 1.33. The van der Waals surface area contributed by atoms with Crippen molar-refractivity contribution < 1.29 is 13.2 Å². The number of aryl methyl sites for hydroxylation is 1. The molecule has 2 aliphatic rings. The average Bonchev–Trinajstić information content (AvgIpc) is 3.01. The molecule has 0 aliphatic carbocycles. The topological polar surface area (TPSA) is 66.5 Å². The minimum absolute atomic E-state index is 0.0198. The molecule has 1 N–H and O–H groups in total. The maximum atomic E-state index is 13.0. The van der Waals surface area contributed by atoms with Gasteiger partial charge in [0.2, 0.25) is 0 Å². The largest absolute Gasteiger partial charge is 0.338 e. The number of carbonyl (C=O) groups excluding carboxylic acids is 1. The molecule has 2 aromatic rings. The van der Waals surface area contributed by atoms with Crippen LogP contribution in [0.3, 0.4) is 0 Å². The zero-order valence-electron chi connectivity index (χ0n) is 16.5. The number of sulfone groups is 1. The van der Waals surface area contributed by atoms with Crippen LogP contribution >= 0.6 is 0 Å². The summed E-state index contributed by atoms with van der Waals surface area (Å²) in [5.74, 6) is 0. The Hall–Kier alpha value is -2.34. The van der Waals surface area contributed by atoms with E-state index in [1.165, 1.54) is 5.56 Å². The summed E-state index contributed by atoms with van der Waals surface area (Å²) in [4.78, 5) is 15.1. The Kier molecular flexibility index (Phi) is 5.90. The second kappa shape index (κ2) is 8.57. The van der Waals surface area contributed by atoms with Crippen molar-refractivity contribution in [2.75, 3.05) is 6.54 Å². The van der Waals surface area contributed by atoms with Crippen LogP contribution in [0.1, 0.15) is 37.7 Å². The Labute approximate surface area is 173 Å². The molecule has 2 bridgehead atoms. The molecular weight excluding hydrogens is 384 g/mol. The molecule has 4 rings (SSSR count). The number of benzene rings is 2. The quantitative estimate of drug-likeness (QED) is 0.734. The fourth-order valence-electron chi connectivity index (χ4n) is 4.74. The van der Waals surface area contributed by atoms with Gasteiger partial charge in [-0.1, -0.05) is 48.5 Å². The maximum Gasteiger partial charge on any atom is 0.317 e. The molecule has 0 radical (unpaired) electrons. The van der Waals surface area contributed by atoms with E-state index in [0.29, 0.717) is 24.3 Å². The smallest absolute Gasteiger partial charge is 0.317 e. The maximum absolute atomic E-state index is 13.0. The van der Waals surface area contributed by atoms with Crippen LogP contribution in [0.4, 0.5) is 4.79 Å². The Morgan fingerprint density at radius 3 is 2.14 bits per heavy atom. The van der Waals surface area contributed by atoms with Gasteiger partial charge in [0.05, 0.1) is 10.1 Å². The van der Waals surface area contributed by atoms with Gasteiger partial charge in [0.25, 0.3) is 0 Å². The van der Waals surface area contributed by atoms with Crippen LogP contribution in [-0.4, -0.2) is 43.2 Å². The van der Waals surface area contributed by atoms with E-state index in [1.54, 1.807) is 24.3 Å². The van der Waals surface area contributed by atoms with E-state index >= 15 is 0 Å². The molecule has 5 nitrogen and oxygen atoms in total. The van der Waals surface area contributed by atoms with Crippen molar-refractivity contribution in [3.05, 3.63) is 66.2 Å². The first-order valence-corrected chi connectivity index (χ1v) is 12.0. The predicted octanol–water partition coefficient (Wildman–Crippen LogP) is 3.80. The van der Waals surface area contributed by atoms with Crippen LogP contribution < -0.4 is 5.32 Å². The molecule has 6 heteroatoms. The number of hydrogen-bond acceptors (Lipinski definition) is 3. The second-order valence-corrected chi connectivity index (χ2v) is 10.3. The number of nitrogens with zero attached hydrogens (tertiary/aromatic N) is 1. The lowest BCUT2D eigenvalue weighted by Crippen LogP contribution is -2.53. The molecule has 2 fully saturated rings. The predicted molar refractivity (Wildman–Crippen MR) is 113 cm³/mol. The normalized spacial score (nSPS) is 23.7. The van der Waals surface area contributed by atoms with E-state index in [9.17, 15) is 13.2 Å². The van der Waals surface area contributed by atoms with Crippen molar-refractivity contribution in [2.45, 2.75) is 60.8 Å². The standard InChI is InChI=1S/C23H28N2O3S/c26-23(24-15-7-10-18-8-3-1-4-9-18)25-19-13-14-20(25)17-22(16-19)29(27,28)21-11-5-2-6-12-21/h1-6,8-9,11-12,19-20,22H,7,10,13-17H2,(H,24,26). The van der Waals surface area contributed by atoms with Crippen LogP contribution in [0.5, 0.6) is 0 Å². The number of carbonyl (C=O) groups is 1. The summed E-state index contributed by atoms with van der Waals surface area (Å²) in [6.45, 7) is 0.634. The molecule has 2 saturated heterocycles. The summed E-state index contributed by atoms with van der Waals surface area (Å²) in [5, 5.41) is 2.65. The van der Waals surface area contributed by atoms with E-state index in [2.05, 4.69) is 17.4 Å². The molecule has 2 aromatic carbocycles. The molecule has 29 heavy (non-hydrogen) atoms. The van der Waals surface area contributed by atoms with E-state index in [4.69, 9.17) is 0 Å². The molecule has 2 aliphatic heterocycles. The van der Waals surface area contributed by atoms with Crippen molar-refractivity contribution in [1.82, 2.24) is 10.2 Å². The van der Waals surface area contributed by atoms with Crippen LogP contribution in [0, 0.1) is 0 Å². The number of amides is 2. The highest BCUT2D eigenvalue weighted by molar-refractivity contribution is 7.92. The van der Waals surface area contributed by atoms with Gasteiger partial charge >= 0.3 is 6.03 Å². The Morgan fingerprint density at radius 1 is 0.931 bits per heavy atom. The van der Waals surface area contributed by atoms with Gasteiger partial charge in [0.15, 0.2) is 9.84 Å². The highest BCUT2D eigenvalue weighted by Crippen LogP contribution is 2.39. The molecule has 0 saturated carbocycles. The van der Waals surface area contributed by atoms with E-state index < -0.39 is 15.1 Å². The summed E-state index contributed by atoms with van der Waals surface area (Å²) in [5.41, 5.74) is 1.27. The van der Waals surface area contributed by atoms with Crippen molar-refractivity contribution in [3.8, 4) is 0 Å². The first kappa shape index (κ1) is 20.0. The fraction of sp³-hybridized carbons (Fsp3) is 0.435. The highest BCUT2D eigenvalue weighted by atomic mass is 32.2. The number of rotatable bonds is 6. The highest BCUT2D eigenvalue weighted by Gasteiger charge is 2.47. The zero-order chi connectivity index (χ0) is 20.3. The van der Waals surface area contributed by atoms with Gasteiger partial charge < -0.3 is 10.2 Å². The van der Waals surface area contributed by atoms with Crippen molar-refractivity contribution >= 4 is 15.9 Å². The summed E-state index contributed by atoms with van der Waals surface area (Å²) in [6, 6.07) is 18.9. The second-order valence-electron chi connectivity index (χ2n) is 8.06. The lowest BCUT2D eigenvalue weighted by Gasteiger charge is -2.38. The molecule has 0 spiro atoms. The Morgan fingerprint density at radius 2 is 1.52 bits per heavy atom. The number of urea groups is 1. The molecule has 2 heterocycles. The summed E-state index contributed by atoms with van der Waals surface area (Å²) < 4.78 is 26.0. The molecule has 0 aromatic heterocycles. The summed E-state index contributed by atoms with van der Waals surface area (Å²) in [7, 11) is -3.35. The van der Waals surface area contributed by atoms with E-state index in [1.807, 2.05) is 29.2 Å². The fourth-order valence-corrected chi connectivity index (χ4v) is 6.61. The molecule has 2 atom stereocenters. The number of fused-ring (bicyclic) bond motifs is 2. The van der Waals surface area contributed by atoms with Gasteiger partial charge in [0.1, 0.15) is 0 Å². The summed E-state index contributed by atoms with van der Waals surface area (Å²) >= 11 is 0. The van der Waals surface area contributed by atoms with Crippen molar-refractivity contribution in [2.24, 2.45) is 0 Å². The summed E-state index contributed by atoms with van der Waals surface area (Å²) in [6.07, 6.45) is 4.68. The first-order chi connectivity index (χ1) is 14.1. The molecule has 2 unspecified atom stereocenters. The van der Waals surface area contributed by atoms with Gasteiger partial charge in [0, 0.05) is 18.6 Å². The lowest BCUT2D eigenvalue weighted by molar-refractivity contribution is 0.148. The third kappa shape index (κ3) is 4.32. The Bertz CT molecular complexity index is 917. The van der Waals surface area contributed by atoms with E-state index in [0.717, 1.165) is 25.7 Å². The van der Waals surface area contributed by atoms with Gasteiger partial charge in [-0.3, -0.25) is 0 Å². The van der Waals surface area contributed by atoms with Crippen LogP contribution in [0.2, 0.25) is 0 Å². The van der Waals surface area contributed by atoms with Crippen molar-refractivity contribution in [3.63, 3.8) is 0 Å².